The van der Waals surface area contributed by atoms with E-state index < -0.39 is 0 Å². The molecule has 11 atom stereocenters. The summed E-state index contributed by atoms with van der Waals surface area (Å²) in [5, 5.41) is 21.3. The molecule has 0 amide bonds. The Bertz CT molecular complexity index is 929. The third kappa shape index (κ3) is 3.63. The first kappa shape index (κ1) is 27.7. The maximum atomic E-state index is 11.9. The number of hydrogen-bond acceptors (Lipinski definition) is 4. The van der Waals surface area contributed by atoms with Crippen LogP contribution in [0.1, 0.15) is 112 Å². The molecule has 5 aliphatic carbocycles. The second-order valence-electron chi connectivity index (χ2n) is 15.2. The fourth-order valence-corrected chi connectivity index (χ4v) is 12.1. The average Bonchev–Trinajstić information content (AvgIpc) is 3.25. The molecule has 0 aliphatic heterocycles. The third-order valence-electron chi connectivity index (χ3n) is 14.4. The van der Waals surface area contributed by atoms with E-state index in [0.29, 0.717) is 36.2 Å². The molecule has 0 heterocycles. The van der Waals surface area contributed by atoms with Crippen molar-refractivity contribution in [2.75, 3.05) is 13.2 Å². The lowest BCUT2D eigenvalue weighted by atomic mass is 9.32. The summed E-state index contributed by atoms with van der Waals surface area (Å²) in [4.78, 5) is 11.9. The number of aliphatic hydroxyl groups is 2. The molecule has 5 aliphatic rings. The van der Waals surface area contributed by atoms with Gasteiger partial charge in [-0.1, -0.05) is 41.2 Å². The van der Waals surface area contributed by atoms with Crippen LogP contribution in [0.25, 0.3) is 0 Å². The molecule has 4 heteroatoms. The molecule has 0 aromatic heterocycles. The molecule has 210 valence electrons. The lowest BCUT2D eigenvalue weighted by molar-refractivity contribution is -0.252. The van der Waals surface area contributed by atoms with Crippen molar-refractivity contribution in [2.24, 2.45) is 56.7 Å². The Morgan fingerprint density at radius 1 is 0.919 bits per heavy atom. The Balaban J connectivity index is 1.53. The highest BCUT2D eigenvalue weighted by Crippen LogP contribution is 2.77. The van der Waals surface area contributed by atoms with Crippen molar-refractivity contribution >= 4 is 5.97 Å². The van der Waals surface area contributed by atoms with Crippen molar-refractivity contribution in [1.82, 2.24) is 0 Å². The fourth-order valence-electron chi connectivity index (χ4n) is 12.1. The number of ether oxygens (including phenoxy) is 1. The van der Waals surface area contributed by atoms with Crippen LogP contribution in [0, 0.1) is 56.7 Å². The molecule has 0 radical (unpaired) electrons. The van der Waals surface area contributed by atoms with E-state index in [2.05, 4.69) is 41.2 Å². The van der Waals surface area contributed by atoms with E-state index in [1.54, 1.807) is 0 Å². The molecule has 0 saturated heterocycles. The number of carbonyl (C=O) groups is 1. The van der Waals surface area contributed by atoms with Gasteiger partial charge in [-0.15, -0.1) is 0 Å². The zero-order chi connectivity index (χ0) is 27.0. The number of carbonyl (C=O) groups excluding carboxylic acids is 1. The average molecular weight is 515 g/mol. The van der Waals surface area contributed by atoms with Crippen molar-refractivity contribution in [3.05, 3.63) is 12.2 Å². The van der Waals surface area contributed by atoms with Crippen molar-refractivity contribution in [3.8, 4) is 0 Å². The Hall–Kier alpha value is -0.870. The lowest BCUT2D eigenvalue weighted by Gasteiger charge is -2.73. The van der Waals surface area contributed by atoms with Crippen molar-refractivity contribution < 1.29 is 19.7 Å². The van der Waals surface area contributed by atoms with Gasteiger partial charge >= 0.3 is 5.97 Å². The summed E-state index contributed by atoms with van der Waals surface area (Å²) in [5.74, 6) is 2.42. The molecule has 0 bridgehead atoms. The van der Waals surface area contributed by atoms with Gasteiger partial charge in [0, 0.05) is 12.3 Å². The molecule has 11 unspecified atom stereocenters. The Labute approximate surface area is 226 Å². The van der Waals surface area contributed by atoms with Crippen LogP contribution in [-0.4, -0.2) is 35.5 Å². The number of aliphatic hydroxyl groups excluding tert-OH is 2. The van der Waals surface area contributed by atoms with Crippen molar-refractivity contribution in [1.29, 1.82) is 0 Å². The molecular formula is C33H54O4. The Kier molecular flexibility index (Phi) is 6.80. The van der Waals surface area contributed by atoms with E-state index in [1.807, 2.05) is 0 Å². The van der Waals surface area contributed by atoms with Gasteiger partial charge in [-0.2, -0.15) is 0 Å². The zero-order valence-corrected chi connectivity index (χ0v) is 24.6. The van der Waals surface area contributed by atoms with Gasteiger partial charge in [-0.3, -0.25) is 4.79 Å². The molecule has 5 rings (SSSR count). The topological polar surface area (TPSA) is 66.8 Å². The summed E-state index contributed by atoms with van der Waals surface area (Å²) in [6.07, 6.45) is 12.4. The van der Waals surface area contributed by atoms with Crippen molar-refractivity contribution in [2.45, 2.75) is 118 Å². The smallest absolute Gasteiger partial charge is 0.302 e. The standard InChI is InChI=1S/C33H54O4/c1-8-29(4)25-12-15-32(7)26(30(25,5)14-13-27(29)36)10-9-24-28-23(21(2)19-34)11-16-33(28,20-37-22(3)35)18-17-31(24,32)6/h23-28,34,36H,2,8-20H2,1,3-7H3. The second kappa shape index (κ2) is 9.08. The fraction of sp³-hybridized carbons (Fsp3) is 0.909. The maximum Gasteiger partial charge on any atom is 0.302 e. The zero-order valence-electron chi connectivity index (χ0n) is 24.6. The summed E-state index contributed by atoms with van der Waals surface area (Å²) in [6.45, 7) is 19.0. The number of rotatable bonds is 5. The van der Waals surface area contributed by atoms with Crippen molar-refractivity contribution in [3.63, 3.8) is 0 Å². The third-order valence-corrected chi connectivity index (χ3v) is 14.4. The van der Waals surface area contributed by atoms with Gasteiger partial charge in [0.15, 0.2) is 0 Å². The highest BCUT2D eigenvalue weighted by atomic mass is 16.5. The van der Waals surface area contributed by atoms with E-state index in [9.17, 15) is 15.0 Å². The predicted octanol–water partition coefficient (Wildman–Crippen LogP) is 6.93. The van der Waals surface area contributed by atoms with Gasteiger partial charge in [0.25, 0.3) is 0 Å². The molecular weight excluding hydrogens is 460 g/mol. The molecule has 0 spiro atoms. The minimum atomic E-state index is -0.175. The lowest BCUT2D eigenvalue weighted by Crippen LogP contribution is -2.67. The summed E-state index contributed by atoms with van der Waals surface area (Å²) in [7, 11) is 0. The van der Waals surface area contributed by atoms with Gasteiger partial charge in [-0.05, 0) is 127 Å². The molecule has 37 heavy (non-hydrogen) atoms. The van der Waals surface area contributed by atoms with Crippen LogP contribution in [0.5, 0.6) is 0 Å². The first-order valence-electron chi connectivity index (χ1n) is 15.4. The van der Waals surface area contributed by atoms with Gasteiger partial charge in [0.05, 0.1) is 19.3 Å². The van der Waals surface area contributed by atoms with E-state index >= 15 is 0 Å². The summed E-state index contributed by atoms with van der Waals surface area (Å²) in [6, 6.07) is 0. The predicted molar refractivity (Wildman–Crippen MR) is 148 cm³/mol. The van der Waals surface area contributed by atoms with Crippen LogP contribution in [0.3, 0.4) is 0 Å². The normalized spacial score (nSPS) is 52.9. The van der Waals surface area contributed by atoms with Crippen LogP contribution < -0.4 is 0 Å². The molecule has 5 saturated carbocycles. The quantitative estimate of drug-likeness (QED) is 0.308. The van der Waals surface area contributed by atoms with Gasteiger partial charge in [-0.25, -0.2) is 0 Å². The SMILES string of the molecule is C=C(CO)C1CCC2(COC(C)=O)CCC3(C)C(CCC4C5(C)CCC(O)C(C)(CC)C5CCC43C)C12. The Morgan fingerprint density at radius 3 is 2.30 bits per heavy atom. The first-order chi connectivity index (χ1) is 17.3. The summed E-state index contributed by atoms with van der Waals surface area (Å²) < 4.78 is 5.77. The number of hydrogen-bond donors (Lipinski definition) is 2. The molecule has 2 N–H and O–H groups in total. The molecule has 5 fully saturated rings. The highest BCUT2D eigenvalue weighted by molar-refractivity contribution is 5.65. The van der Waals surface area contributed by atoms with Gasteiger partial charge in [0.2, 0.25) is 0 Å². The minimum Gasteiger partial charge on any atom is -0.465 e. The van der Waals surface area contributed by atoms with E-state index in [0.717, 1.165) is 44.1 Å². The molecule has 4 nitrogen and oxygen atoms in total. The minimum absolute atomic E-state index is 0.0211. The first-order valence-corrected chi connectivity index (χ1v) is 15.4. The summed E-state index contributed by atoms with van der Waals surface area (Å²) in [5.41, 5.74) is 1.80. The molecule has 0 aromatic carbocycles. The highest BCUT2D eigenvalue weighted by Gasteiger charge is 2.71. The summed E-state index contributed by atoms with van der Waals surface area (Å²) >= 11 is 0. The van der Waals surface area contributed by atoms with E-state index in [1.165, 1.54) is 39.0 Å². The van der Waals surface area contributed by atoms with Crippen LogP contribution in [-0.2, 0) is 9.53 Å². The van der Waals surface area contributed by atoms with Crippen LogP contribution >= 0.6 is 0 Å². The number of esters is 1. The maximum absolute atomic E-state index is 11.9. The van der Waals surface area contributed by atoms with E-state index in [-0.39, 0.29) is 45.8 Å². The largest absolute Gasteiger partial charge is 0.465 e. The Morgan fingerprint density at radius 2 is 1.65 bits per heavy atom. The van der Waals surface area contributed by atoms with Gasteiger partial charge in [0.1, 0.15) is 0 Å². The second-order valence-corrected chi connectivity index (χ2v) is 15.2. The van der Waals surface area contributed by atoms with E-state index in [4.69, 9.17) is 4.74 Å². The number of fused-ring (bicyclic) bond motifs is 7. The van der Waals surface area contributed by atoms with Crippen LogP contribution in [0.4, 0.5) is 0 Å². The monoisotopic (exact) mass is 514 g/mol. The van der Waals surface area contributed by atoms with Gasteiger partial charge < -0.3 is 14.9 Å². The van der Waals surface area contributed by atoms with Crippen LogP contribution in [0.2, 0.25) is 0 Å². The van der Waals surface area contributed by atoms with Crippen LogP contribution in [0.15, 0.2) is 12.2 Å². The molecule has 0 aromatic rings.